The molecule has 0 bridgehead atoms. The van der Waals surface area contributed by atoms with Gasteiger partial charge >= 0.3 is 71.9 Å². The van der Waals surface area contributed by atoms with Crippen LogP contribution in [0, 0.1) is 0 Å². The molecule has 1 aromatic rings. The number of aromatic nitrogens is 1. The largest absolute Gasteiger partial charge is 0.265 e. The van der Waals surface area contributed by atoms with E-state index in [9.17, 15) is 0 Å². The van der Waals surface area contributed by atoms with E-state index in [2.05, 4.69) is 15.0 Å². The van der Waals surface area contributed by atoms with Crippen molar-refractivity contribution in [2.45, 2.75) is 0 Å². The molecule has 17 heavy (non-hydrogen) atoms. The van der Waals surface area contributed by atoms with Crippen LogP contribution in [0.25, 0.3) is 0 Å². The fourth-order valence-electron chi connectivity index (χ4n) is 1.07. The minimum absolute atomic E-state index is 0.0244. The Morgan fingerprint density at radius 3 is 1.76 bits per heavy atom. The molecule has 2 aliphatic heterocycles. The topological polar surface area (TPSA) is 56.1 Å². The van der Waals surface area contributed by atoms with Crippen LogP contribution in [-0.2, 0) is 26.6 Å². The van der Waals surface area contributed by atoms with Crippen LogP contribution in [0.5, 0.6) is 0 Å². The summed E-state index contributed by atoms with van der Waals surface area (Å²) in [6, 6.07) is 5.72. The number of aliphatic imine (C=N–C) groups is 2. The monoisotopic (exact) mass is 322 g/mol. The van der Waals surface area contributed by atoms with Gasteiger partial charge in [-0.3, -0.25) is 4.98 Å². The van der Waals surface area contributed by atoms with E-state index in [4.69, 9.17) is 9.47 Å². The first-order valence-electron chi connectivity index (χ1n) is 5.25. The van der Waals surface area contributed by atoms with Crippen LogP contribution in [0.1, 0.15) is 0 Å². The normalized spacial score (nSPS) is 17.4. The Balaban J connectivity index is 0.000000153. The maximum atomic E-state index is 5.24. The summed E-state index contributed by atoms with van der Waals surface area (Å²) in [6.45, 7) is 3.05. The van der Waals surface area contributed by atoms with E-state index >= 15 is 0 Å². The van der Waals surface area contributed by atoms with Gasteiger partial charge in [-0.2, -0.15) is 0 Å². The molecule has 2 aliphatic rings. The Labute approximate surface area is 108 Å². The van der Waals surface area contributed by atoms with E-state index in [1.807, 2.05) is 18.2 Å². The van der Waals surface area contributed by atoms with Gasteiger partial charge in [-0.05, 0) is 12.1 Å². The van der Waals surface area contributed by atoms with Gasteiger partial charge in [0.05, 0.1) is 0 Å². The molecule has 5 nitrogen and oxygen atoms in total. The van der Waals surface area contributed by atoms with E-state index < -0.39 is 0 Å². The average Bonchev–Trinajstić information content (AvgIpc) is 3.06. The predicted molar refractivity (Wildman–Crippen MR) is 60.7 cm³/mol. The fourth-order valence-corrected chi connectivity index (χ4v) is 2.57. The van der Waals surface area contributed by atoms with E-state index in [0.717, 1.165) is 35.3 Å². The zero-order valence-electron chi connectivity index (χ0n) is 9.21. The first-order chi connectivity index (χ1) is 8.45. The van der Waals surface area contributed by atoms with Crippen molar-refractivity contribution in [1.82, 2.24) is 4.98 Å². The molecule has 0 spiro atoms. The minimum atomic E-state index is 0.0244. The second-order valence-corrected chi connectivity index (χ2v) is 4.85. The zero-order valence-corrected chi connectivity index (χ0v) is 10.8. The van der Waals surface area contributed by atoms with E-state index in [1.54, 1.807) is 12.4 Å². The number of ether oxygens (including phenoxy) is 2. The Hall–Kier alpha value is -1.29. The number of hydrogen-bond acceptors (Lipinski definition) is 5. The molecule has 6 heteroatoms. The fraction of sp³-hybridized carbons (Fsp3) is 0.364. The predicted octanol–water partition coefficient (Wildman–Crippen LogP) is 0.923. The molecule has 3 heterocycles. The third-order valence-corrected chi connectivity index (χ3v) is 3.47. The smallest absolute Gasteiger partial charge is 0.0267 e. The van der Waals surface area contributed by atoms with E-state index in [0.29, 0.717) is 0 Å². The SMILES string of the molecule is C1CO[C]([Rh][C]2=NCCO2)=N1.c1ccncc1. The first-order valence-corrected chi connectivity index (χ1v) is 6.89. The van der Waals surface area contributed by atoms with Crippen molar-refractivity contribution in [1.29, 1.82) is 0 Å². The summed E-state index contributed by atoms with van der Waals surface area (Å²) >= 11 is 0.0244. The van der Waals surface area contributed by atoms with Crippen molar-refractivity contribution in [3.8, 4) is 0 Å². The Bertz CT molecular complexity index is 346. The molecule has 0 radical (unpaired) electrons. The number of nitrogens with zero attached hydrogens (tertiary/aromatic N) is 3. The van der Waals surface area contributed by atoms with Crippen LogP contribution in [-0.4, -0.2) is 40.3 Å². The molecule has 0 aliphatic carbocycles. The van der Waals surface area contributed by atoms with Gasteiger partial charge < -0.3 is 0 Å². The van der Waals surface area contributed by atoms with Crippen molar-refractivity contribution in [2.24, 2.45) is 9.98 Å². The number of pyridine rings is 1. The van der Waals surface area contributed by atoms with Gasteiger partial charge in [0.15, 0.2) is 0 Å². The summed E-state index contributed by atoms with van der Waals surface area (Å²) in [5.41, 5.74) is 0. The summed E-state index contributed by atoms with van der Waals surface area (Å²) in [6.07, 6.45) is 3.50. The Morgan fingerprint density at radius 2 is 1.47 bits per heavy atom. The Kier molecular flexibility index (Phi) is 5.10. The van der Waals surface area contributed by atoms with E-state index in [1.165, 1.54) is 0 Å². The van der Waals surface area contributed by atoms with Crippen molar-refractivity contribution in [3.63, 3.8) is 0 Å². The molecular formula is C11H13N3O2Rh. The maximum absolute atomic E-state index is 5.24. The molecular weight excluding hydrogens is 309 g/mol. The molecule has 0 saturated heterocycles. The summed E-state index contributed by atoms with van der Waals surface area (Å²) in [7, 11) is 0. The van der Waals surface area contributed by atoms with Crippen LogP contribution >= 0.6 is 0 Å². The van der Waals surface area contributed by atoms with Crippen molar-refractivity contribution in [2.75, 3.05) is 26.3 Å². The third-order valence-electron chi connectivity index (χ3n) is 1.78. The molecule has 0 saturated carbocycles. The molecule has 1 aromatic heterocycles. The summed E-state index contributed by atoms with van der Waals surface area (Å²) in [5, 5.41) is 0. The van der Waals surface area contributed by atoms with Crippen molar-refractivity contribution < 1.29 is 26.6 Å². The second-order valence-electron chi connectivity index (χ2n) is 3.04. The van der Waals surface area contributed by atoms with Crippen LogP contribution in [0.3, 0.4) is 0 Å². The quantitative estimate of drug-likeness (QED) is 0.761. The van der Waals surface area contributed by atoms with Gasteiger partial charge in [-0.25, -0.2) is 0 Å². The second kappa shape index (κ2) is 7.12. The molecule has 0 atom stereocenters. The minimum Gasteiger partial charge on any atom is -0.265 e. The standard InChI is InChI=1S/C5H5N.2C3H4NO.Rh/c1-2-4-6-5-3-1;2*1-2-5-3-4-1;/h1-5H;2*1-2H2;. The molecule has 0 aromatic carbocycles. The molecule has 3 rings (SSSR count). The van der Waals surface area contributed by atoms with Gasteiger partial charge in [0.2, 0.25) is 0 Å². The molecule has 0 fully saturated rings. The molecule has 0 N–H and O–H groups in total. The van der Waals surface area contributed by atoms with Gasteiger partial charge in [0.1, 0.15) is 0 Å². The van der Waals surface area contributed by atoms with Crippen molar-refractivity contribution in [3.05, 3.63) is 30.6 Å². The van der Waals surface area contributed by atoms with Crippen LogP contribution in [0.4, 0.5) is 0 Å². The van der Waals surface area contributed by atoms with E-state index in [-0.39, 0.29) is 17.1 Å². The summed E-state index contributed by atoms with van der Waals surface area (Å²) < 4.78 is 12.1. The molecule has 0 amide bonds. The third kappa shape index (κ3) is 4.61. The Morgan fingerprint density at radius 1 is 0.882 bits per heavy atom. The van der Waals surface area contributed by atoms with Gasteiger partial charge in [0.25, 0.3) is 0 Å². The molecule has 0 unspecified atom stereocenters. The molecule has 93 valence electrons. The number of hydrogen-bond donors (Lipinski definition) is 0. The zero-order chi connectivity index (χ0) is 11.8. The maximum Gasteiger partial charge on any atom is 0.0267 e. The van der Waals surface area contributed by atoms with Crippen LogP contribution in [0.15, 0.2) is 40.6 Å². The summed E-state index contributed by atoms with van der Waals surface area (Å²) in [4.78, 5) is 12.1. The van der Waals surface area contributed by atoms with Gasteiger partial charge in [-0.15, -0.1) is 0 Å². The number of rotatable bonds is 2. The van der Waals surface area contributed by atoms with Gasteiger partial charge in [-0.1, -0.05) is 6.07 Å². The van der Waals surface area contributed by atoms with Crippen LogP contribution < -0.4 is 0 Å². The van der Waals surface area contributed by atoms with Gasteiger partial charge in [0, 0.05) is 12.4 Å². The first kappa shape index (κ1) is 12.2. The van der Waals surface area contributed by atoms with Crippen molar-refractivity contribution >= 4 is 8.98 Å². The summed E-state index contributed by atoms with van der Waals surface area (Å²) in [5.74, 6) is 0. The van der Waals surface area contributed by atoms with Crippen LogP contribution in [0.2, 0.25) is 0 Å². The average molecular weight is 322 g/mol.